The zero-order chi connectivity index (χ0) is 21.1. The molecule has 29 heavy (non-hydrogen) atoms. The monoisotopic (exact) mass is 397 g/mol. The third-order valence-corrected chi connectivity index (χ3v) is 4.52. The molecule has 1 N–H and O–H groups in total. The molecule has 150 valence electrons. The lowest BCUT2D eigenvalue weighted by Crippen LogP contribution is -2.32. The minimum absolute atomic E-state index is 0.00743. The highest BCUT2D eigenvalue weighted by Gasteiger charge is 2.23. The predicted molar refractivity (Wildman–Crippen MR) is 106 cm³/mol. The Hall–Kier alpha value is -3.68. The molecule has 0 aliphatic carbocycles. The van der Waals surface area contributed by atoms with Gasteiger partial charge in [-0.05, 0) is 44.2 Å². The Morgan fingerprint density at radius 1 is 1.10 bits per heavy atom. The van der Waals surface area contributed by atoms with Crippen LogP contribution in [0.15, 0.2) is 59.4 Å². The number of esters is 1. The molecule has 1 unspecified atom stereocenters. The van der Waals surface area contributed by atoms with E-state index in [0.29, 0.717) is 11.4 Å². The van der Waals surface area contributed by atoms with Gasteiger partial charge >= 0.3 is 5.97 Å². The number of nitrogens with one attached hydrogen (secondary N) is 1. The number of carbonyl (C=O) groups excluding carboxylic acids is 2. The van der Waals surface area contributed by atoms with Crippen molar-refractivity contribution in [1.82, 2.24) is 9.36 Å². The third-order valence-electron chi connectivity index (χ3n) is 4.52. The van der Waals surface area contributed by atoms with Gasteiger partial charge in [0.25, 0.3) is 11.5 Å². The van der Waals surface area contributed by atoms with E-state index in [1.54, 1.807) is 42.9 Å². The quantitative estimate of drug-likeness (QED) is 0.671. The average Bonchev–Trinajstić information content (AvgIpc) is 2.91. The molecule has 0 spiro atoms. The number of carbonyl (C=O) groups is 2. The summed E-state index contributed by atoms with van der Waals surface area (Å²) >= 11 is 0. The first kappa shape index (κ1) is 20.1. The van der Waals surface area contributed by atoms with Crippen LogP contribution in [0.2, 0.25) is 0 Å². The Labute approximate surface area is 166 Å². The van der Waals surface area contributed by atoms with Crippen LogP contribution >= 0.6 is 0 Å². The number of halogens is 1. The van der Waals surface area contributed by atoms with Gasteiger partial charge < -0.3 is 10.1 Å². The van der Waals surface area contributed by atoms with Crippen molar-refractivity contribution < 1.29 is 18.7 Å². The zero-order valence-electron chi connectivity index (χ0n) is 16.2. The molecule has 0 aliphatic heterocycles. The molecule has 1 aromatic heterocycles. The molecule has 0 radical (unpaired) electrons. The van der Waals surface area contributed by atoms with Gasteiger partial charge in [0.05, 0.1) is 16.9 Å². The van der Waals surface area contributed by atoms with E-state index in [-0.39, 0.29) is 11.3 Å². The van der Waals surface area contributed by atoms with Gasteiger partial charge in [-0.25, -0.2) is 13.9 Å². The predicted octanol–water partition coefficient (Wildman–Crippen LogP) is 2.81. The van der Waals surface area contributed by atoms with E-state index in [9.17, 15) is 18.8 Å². The lowest BCUT2D eigenvalue weighted by Gasteiger charge is -2.13. The third kappa shape index (κ3) is 4.11. The molecule has 0 bridgehead atoms. The Morgan fingerprint density at radius 2 is 1.79 bits per heavy atom. The summed E-state index contributed by atoms with van der Waals surface area (Å²) in [6, 6.07) is 14.0. The van der Waals surface area contributed by atoms with Crippen molar-refractivity contribution in [1.29, 1.82) is 0 Å². The first-order chi connectivity index (χ1) is 13.8. The molecule has 8 heteroatoms. The Balaban J connectivity index is 1.79. The van der Waals surface area contributed by atoms with Crippen LogP contribution < -0.4 is 10.9 Å². The van der Waals surface area contributed by atoms with Crippen LogP contribution in [0.25, 0.3) is 5.69 Å². The number of rotatable bonds is 5. The molecule has 3 rings (SSSR count). The second-order valence-electron chi connectivity index (χ2n) is 6.48. The molecule has 3 aromatic rings. The van der Waals surface area contributed by atoms with Crippen molar-refractivity contribution in [2.45, 2.75) is 20.0 Å². The van der Waals surface area contributed by atoms with E-state index in [0.717, 1.165) is 6.07 Å². The number of hydrogen-bond donors (Lipinski definition) is 1. The molecule has 2 aromatic carbocycles. The van der Waals surface area contributed by atoms with Crippen LogP contribution in [0.3, 0.4) is 0 Å². The first-order valence-electron chi connectivity index (χ1n) is 8.91. The van der Waals surface area contributed by atoms with Crippen LogP contribution in [-0.2, 0) is 16.6 Å². The van der Waals surface area contributed by atoms with Crippen LogP contribution in [0.1, 0.15) is 23.0 Å². The van der Waals surface area contributed by atoms with Gasteiger partial charge in [-0.15, -0.1) is 0 Å². The number of ether oxygens (including phenoxy) is 1. The number of amides is 1. The maximum absolute atomic E-state index is 13.3. The maximum atomic E-state index is 13.3. The molecule has 0 aliphatic rings. The fourth-order valence-corrected chi connectivity index (χ4v) is 2.83. The van der Waals surface area contributed by atoms with E-state index < -0.39 is 29.4 Å². The molecular weight excluding hydrogens is 377 g/mol. The lowest BCUT2D eigenvalue weighted by atomic mass is 10.2. The van der Waals surface area contributed by atoms with Gasteiger partial charge in [0.2, 0.25) is 0 Å². The van der Waals surface area contributed by atoms with E-state index in [2.05, 4.69) is 5.32 Å². The largest absolute Gasteiger partial charge is 0.449 e. The summed E-state index contributed by atoms with van der Waals surface area (Å²) in [5.41, 5.74) is 0.861. The molecule has 0 saturated heterocycles. The average molecular weight is 397 g/mol. The molecule has 0 fully saturated rings. The SMILES string of the molecule is Cc1c(NC(=O)C(C)OC(=O)c2cccc(F)c2)c(=O)n(-c2ccccc2)n1C. The van der Waals surface area contributed by atoms with Gasteiger partial charge in [-0.1, -0.05) is 24.3 Å². The van der Waals surface area contributed by atoms with Gasteiger partial charge in [0.1, 0.15) is 11.5 Å². The van der Waals surface area contributed by atoms with Gasteiger partial charge in [-0.2, -0.15) is 0 Å². The van der Waals surface area contributed by atoms with Crippen LogP contribution in [0.5, 0.6) is 0 Å². The van der Waals surface area contributed by atoms with Crippen molar-refractivity contribution in [3.63, 3.8) is 0 Å². The number of aromatic nitrogens is 2. The van der Waals surface area contributed by atoms with Crippen molar-refractivity contribution in [3.8, 4) is 5.69 Å². The highest BCUT2D eigenvalue weighted by Crippen LogP contribution is 2.15. The van der Waals surface area contributed by atoms with Crippen LogP contribution in [0, 0.1) is 12.7 Å². The second kappa shape index (κ2) is 8.14. The fourth-order valence-electron chi connectivity index (χ4n) is 2.83. The summed E-state index contributed by atoms with van der Waals surface area (Å²) in [6.45, 7) is 3.07. The number of anilines is 1. The fraction of sp³-hybridized carbons (Fsp3) is 0.190. The molecule has 7 nitrogen and oxygen atoms in total. The summed E-state index contributed by atoms with van der Waals surface area (Å²) in [4.78, 5) is 37.4. The normalized spacial score (nSPS) is 11.7. The van der Waals surface area contributed by atoms with E-state index in [1.165, 1.54) is 29.8 Å². The van der Waals surface area contributed by atoms with Gasteiger partial charge in [-0.3, -0.25) is 14.3 Å². The van der Waals surface area contributed by atoms with Gasteiger partial charge in [0.15, 0.2) is 6.10 Å². The zero-order valence-corrected chi connectivity index (χ0v) is 16.2. The van der Waals surface area contributed by atoms with E-state index >= 15 is 0 Å². The standard InChI is InChI=1S/C21H20FN3O4/c1-13-18(20(27)25(24(13)3)17-10-5-4-6-11-17)23-19(26)14(2)29-21(28)15-8-7-9-16(22)12-15/h4-12,14H,1-3H3,(H,23,26). The minimum Gasteiger partial charge on any atom is -0.449 e. The Morgan fingerprint density at radius 3 is 2.45 bits per heavy atom. The highest BCUT2D eigenvalue weighted by molar-refractivity contribution is 5.97. The number of para-hydroxylation sites is 1. The highest BCUT2D eigenvalue weighted by atomic mass is 19.1. The van der Waals surface area contributed by atoms with Crippen LogP contribution in [-0.4, -0.2) is 27.3 Å². The Bertz CT molecular complexity index is 1120. The summed E-state index contributed by atoms with van der Waals surface area (Å²) in [5.74, 6) is -2.09. The number of nitrogens with zero attached hydrogens (tertiary/aromatic N) is 2. The van der Waals surface area contributed by atoms with E-state index in [1.807, 2.05) is 6.07 Å². The van der Waals surface area contributed by atoms with Crippen molar-refractivity contribution in [3.05, 3.63) is 82.0 Å². The summed E-state index contributed by atoms with van der Waals surface area (Å²) < 4.78 is 21.4. The van der Waals surface area contributed by atoms with E-state index in [4.69, 9.17) is 4.74 Å². The first-order valence-corrected chi connectivity index (χ1v) is 8.91. The summed E-state index contributed by atoms with van der Waals surface area (Å²) in [7, 11) is 1.70. The summed E-state index contributed by atoms with van der Waals surface area (Å²) in [6.07, 6.45) is -1.19. The molecule has 0 saturated carbocycles. The number of hydrogen-bond acceptors (Lipinski definition) is 4. The molecular formula is C21H20FN3O4. The topological polar surface area (TPSA) is 82.3 Å². The van der Waals surface area contributed by atoms with Crippen LogP contribution in [0.4, 0.5) is 10.1 Å². The summed E-state index contributed by atoms with van der Waals surface area (Å²) in [5, 5.41) is 2.53. The second-order valence-corrected chi connectivity index (χ2v) is 6.48. The smallest absolute Gasteiger partial charge is 0.339 e. The molecule has 1 atom stereocenters. The van der Waals surface area contributed by atoms with Crippen molar-refractivity contribution >= 4 is 17.6 Å². The van der Waals surface area contributed by atoms with Gasteiger partial charge in [0, 0.05) is 7.05 Å². The number of benzene rings is 2. The maximum Gasteiger partial charge on any atom is 0.339 e. The molecule has 1 heterocycles. The van der Waals surface area contributed by atoms with Crippen molar-refractivity contribution in [2.24, 2.45) is 7.05 Å². The minimum atomic E-state index is -1.19. The Kier molecular flexibility index (Phi) is 5.63. The molecule has 1 amide bonds. The van der Waals surface area contributed by atoms with Crippen molar-refractivity contribution in [2.75, 3.05) is 5.32 Å². The lowest BCUT2D eigenvalue weighted by molar-refractivity contribution is -0.123.